The standard InChI is InChI=1S/C13H23NO5S2/c1-6-9(15)13(12(17)18,10(16)7-2)11(19-21-20)8-14(3,4)5/h11H,6-8H2,1-5H3,(H-,17,18,20)/p+1. The van der Waals surface area contributed by atoms with Crippen molar-refractivity contribution in [2.24, 2.45) is 5.41 Å². The fraction of sp³-hybridized carbons (Fsp3) is 0.769. The van der Waals surface area contributed by atoms with E-state index in [0.717, 1.165) is 0 Å². The Labute approximate surface area is 134 Å². The van der Waals surface area contributed by atoms with E-state index in [1.165, 1.54) is 0 Å². The molecule has 0 bridgehead atoms. The van der Waals surface area contributed by atoms with Crippen molar-refractivity contribution < 1.29 is 28.2 Å². The molecule has 1 N–H and O–H groups in total. The van der Waals surface area contributed by atoms with Crippen LogP contribution in [0.5, 0.6) is 0 Å². The van der Waals surface area contributed by atoms with Gasteiger partial charge in [0.25, 0.3) is 0 Å². The Kier molecular flexibility index (Phi) is 7.94. The number of quaternary nitrogens is 1. The third-order valence-corrected chi connectivity index (χ3v) is 3.79. The number of aliphatic carboxylic acids is 1. The summed E-state index contributed by atoms with van der Waals surface area (Å²) in [7, 11) is 5.50. The molecule has 0 aromatic rings. The van der Waals surface area contributed by atoms with Crippen molar-refractivity contribution in [1.82, 2.24) is 0 Å². The molecule has 0 aliphatic rings. The molecule has 0 aliphatic carbocycles. The predicted octanol–water partition coefficient (Wildman–Crippen LogP) is 1.60. The van der Waals surface area contributed by atoms with E-state index in [4.69, 9.17) is 4.18 Å². The van der Waals surface area contributed by atoms with E-state index < -0.39 is 29.1 Å². The Bertz CT molecular complexity index is 390. The fourth-order valence-corrected chi connectivity index (χ4v) is 2.86. The lowest BCUT2D eigenvalue weighted by atomic mass is 9.72. The normalized spacial score (nSPS) is 13.8. The van der Waals surface area contributed by atoms with Crippen LogP contribution >= 0.6 is 22.7 Å². The van der Waals surface area contributed by atoms with Gasteiger partial charge in [-0.3, -0.25) is 18.6 Å². The van der Waals surface area contributed by atoms with Crippen LogP contribution in [0.25, 0.3) is 0 Å². The van der Waals surface area contributed by atoms with E-state index in [-0.39, 0.29) is 19.4 Å². The first-order chi connectivity index (χ1) is 9.57. The minimum absolute atomic E-state index is 0.0493. The molecule has 0 amide bonds. The quantitative estimate of drug-likeness (QED) is 0.207. The van der Waals surface area contributed by atoms with Gasteiger partial charge in [0, 0.05) is 12.8 Å². The molecule has 0 saturated heterocycles. The van der Waals surface area contributed by atoms with Gasteiger partial charge in [0.15, 0.2) is 17.7 Å². The molecule has 6 nitrogen and oxygen atoms in total. The van der Waals surface area contributed by atoms with Crippen LogP contribution in [0.4, 0.5) is 0 Å². The van der Waals surface area contributed by atoms with Crippen LogP contribution in [0, 0.1) is 5.41 Å². The highest BCUT2D eigenvalue weighted by Crippen LogP contribution is 2.34. The van der Waals surface area contributed by atoms with Gasteiger partial charge in [-0.05, 0) is 0 Å². The van der Waals surface area contributed by atoms with E-state index in [2.05, 4.69) is 11.7 Å². The number of nitrogens with zero attached hydrogens (tertiary/aromatic N) is 1. The van der Waals surface area contributed by atoms with E-state index in [0.29, 0.717) is 15.6 Å². The lowest BCUT2D eigenvalue weighted by Gasteiger charge is -2.37. The highest BCUT2D eigenvalue weighted by molar-refractivity contribution is 8.66. The summed E-state index contributed by atoms with van der Waals surface area (Å²) in [4.78, 5) is 36.6. The molecule has 0 heterocycles. The minimum atomic E-state index is -2.18. The van der Waals surface area contributed by atoms with Gasteiger partial charge in [0.2, 0.25) is 5.41 Å². The molecule has 8 heteroatoms. The number of hydrogen-bond donors (Lipinski definition) is 2. The molecular formula is C13H24NO5S2+. The summed E-state index contributed by atoms with van der Waals surface area (Å²) in [6.07, 6.45) is -1.18. The third kappa shape index (κ3) is 4.70. The number of rotatable bonds is 10. The average molecular weight is 338 g/mol. The summed E-state index contributed by atoms with van der Waals surface area (Å²) in [5, 5.41) is 9.66. The summed E-state index contributed by atoms with van der Waals surface area (Å²) >= 11 is 4.54. The van der Waals surface area contributed by atoms with E-state index in [9.17, 15) is 19.5 Å². The van der Waals surface area contributed by atoms with Crippen molar-refractivity contribution in [3.63, 3.8) is 0 Å². The SMILES string of the molecule is CCC(=O)C(C(=O)O)(C(=O)CC)C(C[N+](C)(C)C)OSS. The number of carbonyl (C=O) groups is 3. The first-order valence-corrected chi connectivity index (χ1v) is 8.44. The van der Waals surface area contributed by atoms with Gasteiger partial charge in [-0.2, -0.15) is 0 Å². The summed E-state index contributed by atoms with van der Waals surface area (Å²) in [6.45, 7) is 3.27. The topological polar surface area (TPSA) is 80.7 Å². The monoisotopic (exact) mass is 338 g/mol. The van der Waals surface area contributed by atoms with Gasteiger partial charge in [0.05, 0.1) is 32.2 Å². The first-order valence-electron chi connectivity index (χ1n) is 6.65. The average Bonchev–Trinajstić information content (AvgIpc) is 2.36. The smallest absolute Gasteiger partial charge is 0.327 e. The maximum Gasteiger partial charge on any atom is 0.327 e. The third-order valence-electron chi connectivity index (χ3n) is 3.21. The van der Waals surface area contributed by atoms with E-state index in [1.54, 1.807) is 13.8 Å². The summed E-state index contributed by atoms with van der Waals surface area (Å²) in [5.41, 5.74) is -2.18. The van der Waals surface area contributed by atoms with E-state index in [1.807, 2.05) is 21.1 Å². The Hall–Kier alpha value is -0.570. The predicted molar refractivity (Wildman–Crippen MR) is 85.0 cm³/mol. The second-order valence-electron chi connectivity index (χ2n) is 5.80. The largest absolute Gasteiger partial charge is 0.480 e. The van der Waals surface area contributed by atoms with E-state index >= 15 is 0 Å². The molecule has 0 radical (unpaired) electrons. The Morgan fingerprint density at radius 3 is 1.86 bits per heavy atom. The molecular weight excluding hydrogens is 314 g/mol. The second kappa shape index (κ2) is 8.17. The number of hydrogen-bond acceptors (Lipinski definition) is 6. The van der Waals surface area contributed by atoms with Crippen LogP contribution in [0.3, 0.4) is 0 Å². The maximum atomic E-state index is 12.4. The number of carboxylic acids is 1. The van der Waals surface area contributed by atoms with Crippen molar-refractivity contribution >= 4 is 40.3 Å². The van der Waals surface area contributed by atoms with Gasteiger partial charge in [-0.25, -0.2) is 0 Å². The highest BCUT2D eigenvalue weighted by atomic mass is 33.1. The number of carbonyl (C=O) groups excluding carboxylic acids is 2. The molecule has 1 unspecified atom stereocenters. The van der Waals surface area contributed by atoms with Crippen molar-refractivity contribution in [2.45, 2.75) is 32.8 Å². The number of Topliss-reactive ketones (excluding diaryl/α,β-unsaturated/α-hetero) is 2. The summed E-state index contributed by atoms with van der Waals surface area (Å²) < 4.78 is 5.68. The van der Waals surface area contributed by atoms with Crippen LogP contribution < -0.4 is 0 Å². The van der Waals surface area contributed by atoms with Gasteiger partial charge in [-0.1, -0.05) is 25.5 Å². The van der Waals surface area contributed by atoms with Crippen molar-refractivity contribution in [3.05, 3.63) is 0 Å². The number of carboxylic acid groups (broad SMARTS) is 1. The van der Waals surface area contributed by atoms with Gasteiger partial charge in [0.1, 0.15) is 6.54 Å². The fourth-order valence-electron chi connectivity index (χ4n) is 2.24. The molecule has 21 heavy (non-hydrogen) atoms. The minimum Gasteiger partial charge on any atom is -0.480 e. The van der Waals surface area contributed by atoms with Crippen LogP contribution in [-0.4, -0.2) is 60.9 Å². The Balaban J connectivity index is 6.07. The number of ketones is 2. The van der Waals surface area contributed by atoms with Gasteiger partial charge in [-0.15, -0.1) is 0 Å². The van der Waals surface area contributed by atoms with Crippen molar-refractivity contribution in [1.29, 1.82) is 0 Å². The van der Waals surface area contributed by atoms with Crippen molar-refractivity contribution in [3.8, 4) is 0 Å². The van der Waals surface area contributed by atoms with Crippen LogP contribution in [0.2, 0.25) is 0 Å². The second-order valence-corrected chi connectivity index (χ2v) is 6.59. The van der Waals surface area contributed by atoms with Crippen molar-refractivity contribution in [2.75, 3.05) is 27.7 Å². The highest BCUT2D eigenvalue weighted by Gasteiger charge is 2.59. The van der Waals surface area contributed by atoms with Crippen LogP contribution in [0.1, 0.15) is 26.7 Å². The lowest BCUT2D eigenvalue weighted by Crippen LogP contribution is -2.60. The molecule has 0 saturated carbocycles. The van der Waals surface area contributed by atoms with Gasteiger partial charge < -0.3 is 9.59 Å². The molecule has 1 atom stereocenters. The molecule has 0 aliphatic heterocycles. The number of likely N-dealkylation sites (N-methyl/N-ethyl adjacent to an activating group) is 1. The molecule has 0 aromatic heterocycles. The summed E-state index contributed by atoms with van der Waals surface area (Å²) in [5.74, 6) is -2.73. The molecule has 0 aromatic carbocycles. The molecule has 122 valence electrons. The molecule has 0 fully saturated rings. The Morgan fingerprint density at radius 1 is 1.19 bits per heavy atom. The van der Waals surface area contributed by atoms with Crippen LogP contribution in [0.15, 0.2) is 0 Å². The molecule has 0 rings (SSSR count). The zero-order valence-corrected chi connectivity index (χ0v) is 14.8. The maximum absolute atomic E-state index is 12.4. The molecule has 0 spiro atoms. The first kappa shape index (κ1) is 20.4. The zero-order valence-electron chi connectivity index (χ0n) is 13.1. The van der Waals surface area contributed by atoms with Crippen LogP contribution in [-0.2, 0) is 18.6 Å². The lowest BCUT2D eigenvalue weighted by molar-refractivity contribution is -0.873. The Morgan fingerprint density at radius 2 is 1.62 bits per heavy atom. The van der Waals surface area contributed by atoms with Gasteiger partial charge >= 0.3 is 5.97 Å². The summed E-state index contributed by atoms with van der Waals surface area (Å²) in [6, 6.07) is 0. The number of thiol groups is 1. The zero-order chi connectivity index (χ0) is 16.8.